The van der Waals surface area contributed by atoms with Crippen molar-refractivity contribution in [3.05, 3.63) is 28.7 Å². The first-order chi connectivity index (χ1) is 8.13. The van der Waals surface area contributed by atoms with Crippen molar-refractivity contribution in [2.45, 2.75) is 0 Å². The van der Waals surface area contributed by atoms with E-state index >= 15 is 0 Å². The Bertz CT molecular complexity index is 563. The molecule has 0 fully saturated rings. The van der Waals surface area contributed by atoms with Gasteiger partial charge in [-0.2, -0.15) is 4.68 Å². The second-order valence-corrected chi connectivity index (χ2v) is 3.40. The maximum atomic E-state index is 11.2. The van der Waals surface area contributed by atoms with Crippen molar-refractivity contribution in [3.8, 4) is 23.0 Å². The summed E-state index contributed by atoms with van der Waals surface area (Å²) in [7, 11) is 4.62. The molecule has 0 unspecified atom stereocenters. The number of methoxy groups -OCH3 is 2. The second-order valence-electron chi connectivity index (χ2n) is 3.40. The first-order valence-electron chi connectivity index (χ1n) is 4.91. The molecule has 0 amide bonds. The summed E-state index contributed by atoms with van der Waals surface area (Å²) in [6, 6.07) is 5.16. The molecule has 6 heteroatoms. The van der Waals surface area contributed by atoms with Gasteiger partial charge >= 0.3 is 5.76 Å². The molecule has 0 aliphatic heterocycles. The Kier molecular flexibility index (Phi) is 2.86. The average Bonchev–Trinajstić information content (AvgIpc) is 2.69. The summed E-state index contributed by atoms with van der Waals surface area (Å²) in [4.78, 5) is 11.2. The van der Waals surface area contributed by atoms with E-state index in [4.69, 9.17) is 13.9 Å². The number of rotatable bonds is 3. The summed E-state index contributed by atoms with van der Waals surface area (Å²) in [5, 5.41) is 3.96. The molecular formula is C11H12N2O4. The maximum Gasteiger partial charge on any atom is 0.437 e. The van der Waals surface area contributed by atoms with Crippen LogP contribution in [0.25, 0.3) is 11.5 Å². The predicted octanol–water partition coefficient (Wildman–Crippen LogP) is 1.06. The summed E-state index contributed by atoms with van der Waals surface area (Å²) in [6.07, 6.45) is 0. The van der Waals surface area contributed by atoms with E-state index in [0.717, 1.165) is 4.68 Å². The number of aromatic nitrogens is 2. The molecule has 2 aromatic rings. The Morgan fingerprint density at radius 2 is 1.76 bits per heavy atom. The lowest BCUT2D eigenvalue weighted by molar-refractivity contribution is 0.394. The van der Waals surface area contributed by atoms with Crippen LogP contribution in [0.5, 0.6) is 11.5 Å². The Morgan fingerprint density at radius 3 is 2.18 bits per heavy atom. The van der Waals surface area contributed by atoms with Crippen molar-refractivity contribution in [2.75, 3.05) is 14.2 Å². The van der Waals surface area contributed by atoms with E-state index in [0.29, 0.717) is 17.1 Å². The normalized spacial score (nSPS) is 10.3. The molecule has 17 heavy (non-hydrogen) atoms. The first-order valence-corrected chi connectivity index (χ1v) is 4.91. The summed E-state index contributed by atoms with van der Waals surface area (Å²) >= 11 is 0. The smallest absolute Gasteiger partial charge is 0.437 e. The van der Waals surface area contributed by atoms with Gasteiger partial charge in [-0.3, -0.25) is 0 Å². The minimum atomic E-state index is -0.512. The number of benzene rings is 1. The molecule has 0 atom stereocenters. The van der Waals surface area contributed by atoms with Crippen molar-refractivity contribution in [3.63, 3.8) is 0 Å². The van der Waals surface area contributed by atoms with Crippen LogP contribution < -0.4 is 15.2 Å². The number of aryl methyl sites for hydroxylation is 1. The highest BCUT2D eigenvalue weighted by molar-refractivity contribution is 5.59. The molecule has 0 radical (unpaired) electrons. The quantitative estimate of drug-likeness (QED) is 0.797. The summed E-state index contributed by atoms with van der Waals surface area (Å²) < 4.78 is 16.4. The summed E-state index contributed by atoms with van der Waals surface area (Å²) in [5.74, 6) is 0.928. The van der Waals surface area contributed by atoms with E-state index in [1.165, 1.54) is 7.05 Å². The summed E-state index contributed by atoms with van der Waals surface area (Å²) in [6.45, 7) is 0. The van der Waals surface area contributed by atoms with Crippen LogP contribution in [0.3, 0.4) is 0 Å². The van der Waals surface area contributed by atoms with Crippen LogP contribution in [0.4, 0.5) is 0 Å². The second kappa shape index (κ2) is 4.32. The first kappa shape index (κ1) is 11.3. The summed E-state index contributed by atoms with van der Waals surface area (Å²) in [5.41, 5.74) is 0.624. The molecule has 0 N–H and O–H groups in total. The fourth-order valence-corrected chi connectivity index (χ4v) is 1.39. The van der Waals surface area contributed by atoms with Gasteiger partial charge in [-0.1, -0.05) is 0 Å². The average molecular weight is 236 g/mol. The van der Waals surface area contributed by atoms with Crippen LogP contribution >= 0.6 is 0 Å². The van der Waals surface area contributed by atoms with Gasteiger partial charge in [0.2, 0.25) is 5.89 Å². The number of ether oxygens (including phenoxy) is 2. The van der Waals surface area contributed by atoms with Crippen LogP contribution in [0.15, 0.2) is 27.4 Å². The van der Waals surface area contributed by atoms with Crippen molar-refractivity contribution in [2.24, 2.45) is 7.05 Å². The van der Waals surface area contributed by atoms with Gasteiger partial charge < -0.3 is 13.9 Å². The molecule has 2 rings (SSSR count). The van der Waals surface area contributed by atoms with Gasteiger partial charge in [-0.25, -0.2) is 4.79 Å². The van der Waals surface area contributed by atoms with Crippen molar-refractivity contribution in [1.82, 2.24) is 9.78 Å². The largest absolute Gasteiger partial charge is 0.497 e. The molecule has 90 valence electrons. The maximum absolute atomic E-state index is 11.2. The molecule has 6 nitrogen and oxygen atoms in total. The molecule has 1 aromatic heterocycles. The number of nitrogens with zero attached hydrogens (tertiary/aromatic N) is 2. The van der Waals surface area contributed by atoms with E-state index in [9.17, 15) is 4.79 Å². The fourth-order valence-electron chi connectivity index (χ4n) is 1.39. The Morgan fingerprint density at radius 1 is 1.18 bits per heavy atom. The lowest BCUT2D eigenvalue weighted by Crippen LogP contribution is -2.09. The van der Waals surface area contributed by atoms with E-state index < -0.39 is 5.76 Å². The van der Waals surface area contributed by atoms with Gasteiger partial charge in [0, 0.05) is 18.7 Å². The van der Waals surface area contributed by atoms with E-state index in [1.807, 2.05) is 0 Å². The lowest BCUT2D eigenvalue weighted by Gasteiger charge is -2.05. The monoisotopic (exact) mass is 236 g/mol. The molecule has 0 saturated heterocycles. The minimum Gasteiger partial charge on any atom is -0.497 e. The standard InChI is InChI=1S/C11H12N2O4/c1-13-11(14)17-10(12-13)7-4-8(15-2)6-9(5-7)16-3/h4-6H,1-3H3. The molecule has 1 heterocycles. The minimum absolute atomic E-state index is 0.231. The highest BCUT2D eigenvalue weighted by Crippen LogP contribution is 2.27. The molecule has 1 aromatic carbocycles. The van der Waals surface area contributed by atoms with Crippen molar-refractivity contribution >= 4 is 0 Å². The SMILES string of the molecule is COc1cc(OC)cc(-c2nn(C)c(=O)o2)c1. The van der Waals surface area contributed by atoms with Crippen molar-refractivity contribution < 1.29 is 13.9 Å². The van der Waals surface area contributed by atoms with Gasteiger partial charge in [0.05, 0.1) is 14.2 Å². The third kappa shape index (κ3) is 2.15. The zero-order valence-corrected chi connectivity index (χ0v) is 9.76. The molecule has 0 bridgehead atoms. The zero-order chi connectivity index (χ0) is 12.4. The highest BCUT2D eigenvalue weighted by Gasteiger charge is 2.11. The Balaban J connectivity index is 2.54. The molecule has 0 aliphatic rings. The topological polar surface area (TPSA) is 66.5 Å². The molecule has 0 spiro atoms. The Labute approximate surface area is 97.4 Å². The number of hydrogen-bond donors (Lipinski definition) is 0. The van der Waals surface area contributed by atoms with Crippen LogP contribution in [0, 0.1) is 0 Å². The fraction of sp³-hybridized carbons (Fsp3) is 0.273. The third-order valence-corrected chi connectivity index (χ3v) is 2.29. The van der Waals surface area contributed by atoms with Gasteiger partial charge in [0.15, 0.2) is 0 Å². The van der Waals surface area contributed by atoms with Gasteiger partial charge in [0.25, 0.3) is 0 Å². The van der Waals surface area contributed by atoms with Crippen LogP contribution in [0.1, 0.15) is 0 Å². The van der Waals surface area contributed by atoms with Crippen LogP contribution in [-0.4, -0.2) is 24.0 Å². The van der Waals surface area contributed by atoms with E-state index in [-0.39, 0.29) is 5.89 Å². The van der Waals surface area contributed by atoms with Gasteiger partial charge in [-0.15, -0.1) is 5.10 Å². The molecular weight excluding hydrogens is 224 g/mol. The van der Waals surface area contributed by atoms with E-state index in [2.05, 4.69) is 5.10 Å². The highest BCUT2D eigenvalue weighted by atomic mass is 16.5. The van der Waals surface area contributed by atoms with Crippen LogP contribution in [0.2, 0.25) is 0 Å². The Hall–Kier alpha value is -2.24. The van der Waals surface area contributed by atoms with Gasteiger partial charge in [0.1, 0.15) is 11.5 Å². The molecule has 0 saturated carbocycles. The third-order valence-electron chi connectivity index (χ3n) is 2.29. The lowest BCUT2D eigenvalue weighted by atomic mass is 10.2. The predicted molar refractivity (Wildman–Crippen MR) is 60.3 cm³/mol. The van der Waals surface area contributed by atoms with Crippen LogP contribution in [-0.2, 0) is 7.05 Å². The zero-order valence-electron chi connectivity index (χ0n) is 9.76. The van der Waals surface area contributed by atoms with E-state index in [1.54, 1.807) is 32.4 Å². The molecule has 0 aliphatic carbocycles. The van der Waals surface area contributed by atoms with Gasteiger partial charge in [-0.05, 0) is 12.1 Å². The van der Waals surface area contributed by atoms with Crippen molar-refractivity contribution in [1.29, 1.82) is 0 Å². The number of hydrogen-bond acceptors (Lipinski definition) is 5.